The zero-order valence-corrected chi connectivity index (χ0v) is 36.4. The maximum Gasteiger partial charge on any atom is 0.472 e. The number of allylic oxidation sites excluding steroid dienone is 12. The lowest BCUT2D eigenvalue weighted by Gasteiger charge is -2.20. The van der Waals surface area contributed by atoms with Crippen LogP contribution in [0, 0.1) is 0 Å². The highest BCUT2D eigenvalue weighted by molar-refractivity contribution is 7.47. The minimum absolute atomic E-state index is 0.164. The number of phosphoric acid groups is 1. The molecular formula is C46H79O10P. The third-order valence-electron chi connectivity index (χ3n) is 8.81. The van der Waals surface area contributed by atoms with Gasteiger partial charge in [-0.3, -0.25) is 18.6 Å². The monoisotopic (exact) mass is 823 g/mol. The van der Waals surface area contributed by atoms with E-state index in [1.807, 2.05) is 0 Å². The number of hydrogen-bond donors (Lipinski definition) is 3. The van der Waals surface area contributed by atoms with Gasteiger partial charge in [0.1, 0.15) is 12.7 Å². The fourth-order valence-corrected chi connectivity index (χ4v) is 6.21. The van der Waals surface area contributed by atoms with Crippen molar-refractivity contribution in [3.8, 4) is 0 Å². The Morgan fingerprint density at radius 2 is 0.947 bits per heavy atom. The van der Waals surface area contributed by atoms with Gasteiger partial charge in [-0.25, -0.2) is 4.57 Å². The summed E-state index contributed by atoms with van der Waals surface area (Å²) < 4.78 is 32.7. The van der Waals surface area contributed by atoms with Crippen LogP contribution in [0.5, 0.6) is 0 Å². The van der Waals surface area contributed by atoms with E-state index < -0.39 is 51.8 Å². The molecule has 57 heavy (non-hydrogen) atoms. The van der Waals surface area contributed by atoms with Crippen molar-refractivity contribution in [3.05, 3.63) is 72.9 Å². The van der Waals surface area contributed by atoms with Gasteiger partial charge in [-0.1, -0.05) is 145 Å². The Hall–Kier alpha value is -2.59. The topological polar surface area (TPSA) is 149 Å². The Morgan fingerprint density at radius 3 is 1.46 bits per heavy atom. The number of hydrogen-bond acceptors (Lipinski definition) is 9. The number of unbranched alkanes of at least 4 members (excludes halogenated alkanes) is 14. The van der Waals surface area contributed by atoms with Gasteiger partial charge in [0.2, 0.25) is 0 Å². The van der Waals surface area contributed by atoms with Crippen LogP contribution in [-0.4, -0.2) is 65.7 Å². The zero-order valence-electron chi connectivity index (χ0n) is 35.5. The molecule has 10 nitrogen and oxygen atoms in total. The average Bonchev–Trinajstić information content (AvgIpc) is 3.20. The van der Waals surface area contributed by atoms with Gasteiger partial charge in [0, 0.05) is 12.8 Å². The van der Waals surface area contributed by atoms with Crippen molar-refractivity contribution < 1.29 is 47.8 Å². The number of carbonyl (C=O) groups excluding carboxylic acids is 2. The van der Waals surface area contributed by atoms with Crippen molar-refractivity contribution in [3.63, 3.8) is 0 Å². The van der Waals surface area contributed by atoms with Crippen LogP contribution in [0.2, 0.25) is 0 Å². The van der Waals surface area contributed by atoms with Crippen molar-refractivity contribution >= 4 is 19.8 Å². The smallest absolute Gasteiger partial charge is 0.462 e. The summed E-state index contributed by atoms with van der Waals surface area (Å²) in [5.41, 5.74) is 0. The van der Waals surface area contributed by atoms with E-state index in [4.69, 9.17) is 19.1 Å². The molecule has 0 aliphatic carbocycles. The number of esters is 2. The molecule has 0 saturated carbocycles. The molecule has 3 atom stereocenters. The number of phosphoric ester groups is 1. The predicted molar refractivity (Wildman–Crippen MR) is 233 cm³/mol. The lowest BCUT2D eigenvalue weighted by Crippen LogP contribution is -2.29. The molecule has 0 aliphatic rings. The highest BCUT2D eigenvalue weighted by Crippen LogP contribution is 2.43. The molecule has 0 amide bonds. The third kappa shape index (κ3) is 41.4. The van der Waals surface area contributed by atoms with Crippen LogP contribution in [-0.2, 0) is 32.7 Å². The van der Waals surface area contributed by atoms with Crippen molar-refractivity contribution in [2.24, 2.45) is 0 Å². The van der Waals surface area contributed by atoms with E-state index in [0.717, 1.165) is 83.5 Å². The molecule has 0 radical (unpaired) electrons. The van der Waals surface area contributed by atoms with E-state index in [9.17, 15) is 24.2 Å². The Balaban J connectivity index is 4.38. The largest absolute Gasteiger partial charge is 0.472 e. The van der Waals surface area contributed by atoms with E-state index >= 15 is 0 Å². The van der Waals surface area contributed by atoms with Crippen LogP contribution in [0.4, 0.5) is 0 Å². The first-order chi connectivity index (χ1) is 27.7. The summed E-state index contributed by atoms with van der Waals surface area (Å²) in [4.78, 5) is 35.0. The molecule has 1 unspecified atom stereocenters. The Morgan fingerprint density at radius 1 is 0.526 bits per heavy atom. The van der Waals surface area contributed by atoms with Crippen molar-refractivity contribution in [2.75, 3.05) is 26.4 Å². The van der Waals surface area contributed by atoms with E-state index in [1.165, 1.54) is 44.9 Å². The SMILES string of the molecule is CCC/C=C/C/C=C/C/C=C/C/C=C/CCCCCC(=O)OC[C@H](COP(=O)(O)OC[C@@H](O)CO)OC(=O)CCCCCCCCC/C=C/C/C=C/CCCCC. The number of ether oxygens (including phenoxy) is 2. The summed E-state index contributed by atoms with van der Waals surface area (Å²) in [6.45, 7) is 2.23. The molecule has 328 valence electrons. The molecule has 0 saturated heterocycles. The lowest BCUT2D eigenvalue weighted by atomic mass is 10.1. The molecule has 0 fully saturated rings. The van der Waals surface area contributed by atoms with Crippen LogP contribution in [0.25, 0.3) is 0 Å². The average molecular weight is 823 g/mol. The zero-order chi connectivity index (χ0) is 41.9. The van der Waals surface area contributed by atoms with Gasteiger partial charge in [0.25, 0.3) is 0 Å². The van der Waals surface area contributed by atoms with Crippen LogP contribution in [0.15, 0.2) is 72.9 Å². The first kappa shape index (κ1) is 54.4. The van der Waals surface area contributed by atoms with Crippen molar-refractivity contribution in [2.45, 2.75) is 180 Å². The molecule has 0 aliphatic heterocycles. The first-order valence-corrected chi connectivity index (χ1v) is 23.4. The molecule has 0 aromatic carbocycles. The summed E-state index contributed by atoms with van der Waals surface area (Å²) in [5, 5.41) is 18.3. The van der Waals surface area contributed by atoms with Gasteiger partial charge in [-0.15, -0.1) is 0 Å². The van der Waals surface area contributed by atoms with Crippen molar-refractivity contribution in [1.29, 1.82) is 0 Å². The molecule has 0 aromatic rings. The van der Waals surface area contributed by atoms with E-state index in [2.05, 4.69) is 91.3 Å². The molecule has 11 heteroatoms. The number of rotatable bonds is 40. The minimum Gasteiger partial charge on any atom is -0.462 e. The Kier molecular flexibility index (Phi) is 39.7. The standard InChI is InChI=1S/C46H79O10P/c1-3-5-7-9-11-13-15-17-19-21-23-25-27-29-31-33-35-37-45(49)53-41-44(42-55-57(51,52)54-40-43(48)39-47)56-46(50)38-36-34-32-30-28-26-24-22-20-18-16-14-12-10-8-6-4-2/h7,9,12-15,18-21,25,27,43-44,47-48H,3-6,8,10-11,16-17,22-24,26,28-42H2,1-2H3,(H,51,52)/b9-7+,14-12+,15-13+,20-18+,21-19+,27-25+/t43-,44+/m0/s1. The van der Waals surface area contributed by atoms with Gasteiger partial charge in [0.05, 0.1) is 19.8 Å². The summed E-state index contributed by atoms with van der Waals surface area (Å²) >= 11 is 0. The maximum absolute atomic E-state index is 12.6. The normalized spacial score (nSPS) is 14.5. The van der Waals surface area contributed by atoms with E-state index in [1.54, 1.807) is 0 Å². The van der Waals surface area contributed by atoms with Gasteiger partial charge in [0.15, 0.2) is 6.10 Å². The molecule has 0 spiro atoms. The van der Waals surface area contributed by atoms with Crippen molar-refractivity contribution in [1.82, 2.24) is 0 Å². The van der Waals surface area contributed by atoms with Crippen LogP contribution in [0.1, 0.15) is 168 Å². The Labute approximate surface area is 346 Å². The predicted octanol–water partition coefficient (Wildman–Crippen LogP) is 11.7. The quantitative estimate of drug-likeness (QED) is 0.0236. The van der Waals surface area contributed by atoms with Crippen LogP contribution in [0.3, 0.4) is 0 Å². The van der Waals surface area contributed by atoms with Gasteiger partial charge >= 0.3 is 19.8 Å². The van der Waals surface area contributed by atoms with Gasteiger partial charge in [-0.05, 0) is 83.5 Å². The summed E-state index contributed by atoms with van der Waals surface area (Å²) in [5.74, 6) is -0.976. The lowest BCUT2D eigenvalue weighted by molar-refractivity contribution is -0.161. The maximum atomic E-state index is 12.6. The highest BCUT2D eigenvalue weighted by Gasteiger charge is 2.27. The van der Waals surface area contributed by atoms with Gasteiger partial charge < -0.3 is 24.6 Å². The fourth-order valence-electron chi connectivity index (χ4n) is 5.42. The molecule has 0 aromatic heterocycles. The van der Waals surface area contributed by atoms with E-state index in [-0.39, 0.29) is 19.4 Å². The molecule has 0 bridgehead atoms. The van der Waals surface area contributed by atoms with E-state index in [0.29, 0.717) is 12.8 Å². The van der Waals surface area contributed by atoms with Crippen LogP contribution < -0.4 is 0 Å². The first-order valence-electron chi connectivity index (χ1n) is 21.9. The number of aliphatic hydroxyl groups excluding tert-OH is 2. The summed E-state index contributed by atoms with van der Waals surface area (Å²) in [6, 6.07) is 0. The Bertz CT molecular complexity index is 1180. The molecule has 0 heterocycles. The fraction of sp³-hybridized carbons (Fsp3) is 0.696. The third-order valence-corrected chi connectivity index (χ3v) is 9.77. The second-order valence-corrected chi connectivity index (χ2v) is 15.8. The number of carbonyl (C=O) groups is 2. The second kappa shape index (κ2) is 41.6. The molecule has 0 rings (SSSR count). The van der Waals surface area contributed by atoms with Crippen LogP contribution >= 0.6 is 7.82 Å². The second-order valence-electron chi connectivity index (χ2n) is 14.4. The molecule has 3 N–H and O–H groups in total. The number of aliphatic hydroxyl groups is 2. The summed E-state index contributed by atoms with van der Waals surface area (Å²) in [6.07, 6.45) is 47.2. The highest BCUT2D eigenvalue weighted by atomic mass is 31.2. The minimum atomic E-state index is -4.63. The summed E-state index contributed by atoms with van der Waals surface area (Å²) in [7, 11) is -4.63. The molecular weight excluding hydrogens is 743 g/mol. The van der Waals surface area contributed by atoms with Gasteiger partial charge in [-0.2, -0.15) is 0 Å².